The molecule has 1 rings (SSSR count). The lowest BCUT2D eigenvalue weighted by atomic mass is 10.1. The van der Waals surface area contributed by atoms with Crippen molar-refractivity contribution in [2.75, 3.05) is 7.11 Å². The molecule has 0 N–H and O–H groups in total. The van der Waals surface area contributed by atoms with Crippen LogP contribution < -0.4 is 0 Å². The number of aryl methyl sites for hydroxylation is 2. The lowest BCUT2D eigenvalue weighted by Gasteiger charge is -2.00. The smallest absolute Gasteiger partial charge is 0.305 e. The Hall–Kier alpha value is -1.57. The highest BCUT2D eigenvalue weighted by molar-refractivity contribution is 5.68. The Bertz CT molecular complexity index is 498. The van der Waals surface area contributed by atoms with Crippen molar-refractivity contribution >= 4 is 5.97 Å². The number of benzene rings is 1. The van der Waals surface area contributed by atoms with Crippen molar-refractivity contribution in [3.63, 3.8) is 0 Å². The van der Waals surface area contributed by atoms with Crippen molar-refractivity contribution in [2.45, 2.75) is 111 Å². The highest BCUT2D eigenvalue weighted by Crippen LogP contribution is 2.10. The van der Waals surface area contributed by atoms with E-state index >= 15 is 0 Å². The second-order valence-electron chi connectivity index (χ2n) is 7.99. The van der Waals surface area contributed by atoms with E-state index in [2.05, 4.69) is 61.9 Å². The molecule has 166 valence electrons. The molecule has 0 fully saturated rings. The number of carbonyl (C=O) groups excluding carboxylic acids is 1. The molecule has 0 saturated heterocycles. The van der Waals surface area contributed by atoms with Crippen LogP contribution in [0.15, 0.2) is 36.4 Å². The third-order valence-electron chi connectivity index (χ3n) is 5.30. The third-order valence-corrected chi connectivity index (χ3v) is 5.30. The first-order chi connectivity index (χ1) is 14.1. The molecule has 0 radical (unpaired) electrons. The first kappa shape index (κ1) is 27.4. The predicted octanol–water partition coefficient (Wildman–Crippen LogP) is 8.50. The van der Waals surface area contributed by atoms with Crippen molar-refractivity contribution < 1.29 is 9.53 Å². The number of methoxy groups -OCH3 is 1. The minimum atomic E-state index is -0.0763. The van der Waals surface area contributed by atoms with Gasteiger partial charge in [0.05, 0.1) is 7.11 Å². The van der Waals surface area contributed by atoms with Crippen LogP contribution >= 0.6 is 0 Å². The van der Waals surface area contributed by atoms with Crippen molar-refractivity contribution in [3.8, 4) is 0 Å². The lowest BCUT2D eigenvalue weighted by molar-refractivity contribution is -0.140. The Morgan fingerprint density at radius 2 is 1.21 bits per heavy atom. The summed E-state index contributed by atoms with van der Waals surface area (Å²) in [5.74, 6) is -0.0763. The van der Waals surface area contributed by atoms with Crippen molar-refractivity contribution in [1.82, 2.24) is 0 Å². The molecule has 0 saturated carbocycles. The Labute approximate surface area is 181 Å². The van der Waals surface area contributed by atoms with Crippen LogP contribution in [-0.4, -0.2) is 13.1 Å². The second-order valence-corrected chi connectivity index (χ2v) is 7.99. The van der Waals surface area contributed by atoms with Crippen LogP contribution in [0.2, 0.25) is 0 Å². The molecule has 0 heterocycles. The summed E-state index contributed by atoms with van der Waals surface area (Å²) in [6.07, 6.45) is 22.0. The van der Waals surface area contributed by atoms with E-state index in [0.29, 0.717) is 6.42 Å². The molecule has 1 aromatic carbocycles. The zero-order valence-corrected chi connectivity index (χ0v) is 19.7. The highest BCUT2D eigenvalue weighted by atomic mass is 16.5. The standard InChI is InChI=1S/C19H36O2.C8H10/c1-3-4-5-6-7-8-9-10-11-12-13-14-15-16-17-18-19(20)21-2;1-7-5-3-4-6-8(7)2/h10-11H,3-9,12-18H2,1-2H3;3-6H,1-2H3/b11-10-;. The molecule has 0 amide bonds. The third kappa shape index (κ3) is 19.5. The monoisotopic (exact) mass is 402 g/mol. The molecule has 0 aliphatic heterocycles. The number of ether oxygens (including phenoxy) is 1. The van der Waals surface area contributed by atoms with Gasteiger partial charge in [0.25, 0.3) is 0 Å². The van der Waals surface area contributed by atoms with E-state index in [-0.39, 0.29) is 5.97 Å². The average Bonchev–Trinajstić information content (AvgIpc) is 2.73. The Balaban J connectivity index is 0.000000807. The number of hydrogen-bond acceptors (Lipinski definition) is 2. The molecule has 0 atom stereocenters. The van der Waals surface area contributed by atoms with Crippen LogP contribution in [0.1, 0.15) is 108 Å². The molecular formula is C27H46O2. The van der Waals surface area contributed by atoms with Crippen LogP contribution in [-0.2, 0) is 9.53 Å². The summed E-state index contributed by atoms with van der Waals surface area (Å²) in [7, 11) is 1.46. The summed E-state index contributed by atoms with van der Waals surface area (Å²) in [5, 5.41) is 0. The molecule has 29 heavy (non-hydrogen) atoms. The molecule has 0 aliphatic rings. The zero-order valence-electron chi connectivity index (χ0n) is 19.7. The normalized spacial score (nSPS) is 10.6. The zero-order chi connectivity index (χ0) is 21.6. The number of allylic oxidation sites excluding steroid dienone is 2. The molecule has 0 spiro atoms. The largest absolute Gasteiger partial charge is 0.469 e. The molecule has 2 heteroatoms. The van der Waals surface area contributed by atoms with Gasteiger partial charge in [0.15, 0.2) is 0 Å². The van der Waals surface area contributed by atoms with Gasteiger partial charge in [0.2, 0.25) is 0 Å². The summed E-state index contributed by atoms with van der Waals surface area (Å²) in [5.41, 5.74) is 2.74. The maximum absolute atomic E-state index is 10.9. The summed E-state index contributed by atoms with van der Waals surface area (Å²) < 4.78 is 4.62. The van der Waals surface area contributed by atoms with Gasteiger partial charge in [0, 0.05) is 6.42 Å². The van der Waals surface area contributed by atoms with E-state index in [1.165, 1.54) is 88.9 Å². The fourth-order valence-corrected chi connectivity index (χ4v) is 3.10. The van der Waals surface area contributed by atoms with Crippen LogP contribution in [0.3, 0.4) is 0 Å². The van der Waals surface area contributed by atoms with E-state index in [0.717, 1.165) is 12.8 Å². The molecule has 2 nitrogen and oxygen atoms in total. The van der Waals surface area contributed by atoms with Gasteiger partial charge in [-0.2, -0.15) is 0 Å². The summed E-state index contributed by atoms with van der Waals surface area (Å²) in [4.78, 5) is 10.9. The SMILES string of the molecule is CCCCCCCC/C=C\CCCCCCCC(=O)OC.Cc1ccccc1C. The predicted molar refractivity (Wildman–Crippen MR) is 127 cm³/mol. The van der Waals surface area contributed by atoms with Gasteiger partial charge in [-0.05, 0) is 57.1 Å². The van der Waals surface area contributed by atoms with Crippen molar-refractivity contribution in [1.29, 1.82) is 0 Å². The molecule has 0 bridgehead atoms. The Morgan fingerprint density at radius 1 is 0.759 bits per heavy atom. The molecular weight excluding hydrogens is 356 g/mol. The van der Waals surface area contributed by atoms with Crippen LogP contribution in [0.4, 0.5) is 0 Å². The van der Waals surface area contributed by atoms with Gasteiger partial charge in [-0.15, -0.1) is 0 Å². The van der Waals surface area contributed by atoms with Gasteiger partial charge >= 0.3 is 5.97 Å². The van der Waals surface area contributed by atoms with Gasteiger partial charge in [-0.25, -0.2) is 0 Å². The van der Waals surface area contributed by atoms with E-state index in [4.69, 9.17) is 0 Å². The summed E-state index contributed by atoms with van der Waals surface area (Å²) in [6, 6.07) is 8.36. The van der Waals surface area contributed by atoms with Crippen molar-refractivity contribution in [2.24, 2.45) is 0 Å². The van der Waals surface area contributed by atoms with E-state index < -0.39 is 0 Å². The Kier molecular flexibility index (Phi) is 20.0. The van der Waals surface area contributed by atoms with Gasteiger partial charge in [-0.1, -0.05) is 94.7 Å². The quantitative estimate of drug-likeness (QED) is 0.167. The van der Waals surface area contributed by atoms with Gasteiger partial charge in [-0.3, -0.25) is 4.79 Å². The summed E-state index contributed by atoms with van der Waals surface area (Å²) in [6.45, 7) is 6.51. The number of unbranched alkanes of at least 4 members (excludes halogenated alkanes) is 11. The molecule has 0 aromatic heterocycles. The number of carbonyl (C=O) groups is 1. The van der Waals surface area contributed by atoms with Crippen molar-refractivity contribution in [3.05, 3.63) is 47.5 Å². The van der Waals surface area contributed by atoms with E-state index in [9.17, 15) is 4.79 Å². The highest BCUT2D eigenvalue weighted by Gasteiger charge is 1.98. The second kappa shape index (κ2) is 21.1. The first-order valence-electron chi connectivity index (χ1n) is 11.9. The molecule has 0 aliphatic carbocycles. The number of esters is 1. The van der Waals surface area contributed by atoms with Crippen LogP contribution in [0, 0.1) is 13.8 Å². The minimum Gasteiger partial charge on any atom is -0.469 e. The van der Waals surface area contributed by atoms with Gasteiger partial charge in [0.1, 0.15) is 0 Å². The lowest BCUT2D eigenvalue weighted by Crippen LogP contribution is -1.98. The van der Waals surface area contributed by atoms with Crippen LogP contribution in [0.5, 0.6) is 0 Å². The maximum Gasteiger partial charge on any atom is 0.305 e. The molecule has 0 unspecified atom stereocenters. The van der Waals surface area contributed by atoms with Gasteiger partial charge < -0.3 is 4.74 Å². The minimum absolute atomic E-state index is 0.0763. The molecule has 1 aromatic rings. The number of rotatable bonds is 15. The Morgan fingerprint density at radius 3 is 1.66 bits per heavy atom. The number of hydrogen-bond donors (Lipinski definition) is 0. The topological polar surface area (TPSA) is 26.3 Å². The van der Waals surface area contributed by atoms with E-state index in [1.807, 2.05) is 0 Å². The fraction of sp³-hybridized carbons (Fsp3) is 0.667. The summed E-state index contributed by atoms with van der Waals surface area (Å²) >= 11 is 0. The van der Waals surface area contributed by atoms with E-state index in [1.54, 1.807) is 0 Å². The fourth-order valence-electron chi connectivity index (χ4n) is 3.10. The van der Waals surface area contributed by atoms with Crippen LogP contribution in [0.25, 0.3) is 0 Å². The first-order valence-corrected chi connectivity index (χ1v) is 11.9. The average molecular weight is 403 g/mol. The maximum atomic E-state index is 10.9.